The normalized spacial score (nSPS) is 10.8. The van der Waals surface area contributed by atoms with Gasteiger partial charge in [-0.05, 0) is 73.2 Å². The number of rotatable bonds is 17. The lowest BCUT2D eigenvalue weighted by atomic mass is 10.1. The maximum atomic E-state index is 12.2. The highest BCUT2D eigenvalue weighted by Crippen LogP contribution is 2.17. The molecule has 2 aromatic rings. The van der Waals surface area contributed by atoms with Crippen molar-refractivity contribution in [2.24, 2.45) is 11.8 Å². The third-order valence-electron chi connectivity index (χ3n) is 6.15. The molecule has 0 saturated carbocycles. The first-order chi connectivity index (χ1) is 19.1. The molecular weight excluding hydrogens is 504 g/mol. The lowest BCUT2D eigenvalue weighted by Gasteiger charge is -2.09. The maximum absolute atomic E-state index is 12.2. The summed E-state index contributed by atoms with van der Waals surface area (Å²) in [4.78, 5) is 48.2. The van der Waals surface area contributed by atoms with E-state index < -0.39 is 0 Å². The van der Waals surface area contributed by atoms with E-state index in [0.717, 1.165) is 61.3 Å². The third-order valence-corrected chi connectivity index (χ3v) is 6.15. The van der Waals surface area contributed by atoms with Gasteiger partial charge in [0.15, 0.2) is 0 Å². The van der Waals surface area contributed by atoms with Crippen LogP contribution in [0, 0.1) is 11.8 Å². The standard InChI is InChI=1S/C32H46N4O4/c1-23(2)21-31(39)35-27-17-13-25(14-18-27)33-29(37)11-9-7-5-6-8-10-12-30(38)34-26-15-19-28(20-16-26)36-32(40)22-24(3)4/h13-20,23-24H,5-12,21-22H2,1-4H3,(H,33,37)(H,34,38)(H,35,39)(H,36,40). The summed E-state index contributed by atoms with van der Waals surface area (Å²) in [5.41, 5.74) is 2.88. The second-order valence-electron chi connectivity index (χ2n) is 11.2. The molecule has 0 spiro atoms. The highest BCUT2D eigenvalue weighted by Gasteiger charge is 2.08. The first kappa shape index (κ1) is 32.5. The maximum Gasteiger partial charge on any atom is 0.224 e. The lowest BCUT2D eigenvalue weighted by molar-refractivity contribution is -0.117. The minimum absolute atomic E-state index is 0.0121. The van der Waals surface area contributed by atoms with E-state index in [1.807, 2.05) is 27.7 Å². The van der Waals surface area contributed by atoms with E-state index in [1.54, 1.807) is 48.5 Å². The van der Waals surface area contributed by atoms with Gasteiger partial charge in [-0.15, -0.1) is 0 Å². The highest BCUT2D eigenvalue weighted by atomic mass is 16.2. The fraction of sp³-hybridized carbons (Fsp3) is 0.500. The van der Waals surface area contributed by atoms with Crippen LogP contribution in [0.4, 0.5) is 22.7 Å². The Morgan fingerprint density at radius 3 is 0.975 bits per heavy atom. The molecule has 2 aromatic carbocycles. The van der Waals surface area contributed by atoms with Crippen LogP contribution in [0.1, 0.15) is 91.9 Å². The van der Waals surface area contributed by atoms with Crippen molar-refractivity contribution in [1.82, 2.24) is 0 Å². The average Bonchev–Trinajstić information content (AvgIpc) is 2.87. The summed E-state index contributed by atoms with van der Waals surface area (Å²) in [6.45, 7) is 8.01. The van der Waals surface area contributed by atoms with E-state index in [4.69, 9.17) is 0 Å². The SMILES string of the molecule is CC(C)CC(=O)Nc1ccc(NC(=O)CCCCCCCCC(=O)Nc2ccc(NC(=O)CC(C)C)cc2)cc1. The zero-order valence-corrected chi connectivity index (χ0v) is 24.5. The molecule has 0 aliphatic heterocycles. The van der Waals surface area contributed by atoms with E-state index >= 15 is 0 Å². The molecule has 0 radical (unpaired) electrons. The zero-order chi connectivity index (χ0) is 29.3. The van der Waals surface area contributed by atoms with Gasteiger partial charge in [0, 0.05) is 48.4 Å². The van der Waals surface area contributed by atoms with E-state index in [2.05, 4.69) is 21.3 Å². The fourth-order valence-electron chi connectivity index (χ4n) is 4.16. The third kappa shape index (κ3) is 14.5. The molecular formula is C32H46N4O4. The number of hydrogen-bond donors (Lipinski definition) is 4. The van der Waals surface area contributed by atoms with Gasteiger partial charge in [0.25, 0.3) is 0 Å². The number of carbonyl (C=O) groups is 4. The van der Waals surface area contributed by atoms with Gasteiger partial charge in [0.05, 0.1) is 0 Å². The molecule has 0 aromatic heterocycles. The highest BCUT2D eigenvalue weighted by molar-refractivity contribution is 5.94. The number of nitrogens with one attached hydrogen (secondary N) is 4. The Hall–Kier alpha value is -3.68. The average molecular weight is 551 g/mol. The fourth-order valence-corrected chi connectivity index (χ4v) is 4.16. The lowest BCUT2D eigenvalue weighted by Crippen LogP contribution is -2.14. The predicted molar refractivity (Wildman–Crippen MR) is 163 cm³/mol. The first-order valence-corrected chi connectivity index (χ1v) is 14.5. The van der Waals surface area contributed by atoms with Crippen LogP contribution in [-0.4, -0.2) is 23.6 Å². The van der Waals surface area contributed by atoms with E-state index in [-0.39, 0.29) is 23.6 Å². The number of unbranched alkanes of at least 4 members (excludes halogenated alkanes) is 5. The summed E-state index contributed by atoms with van der Waals surface area (Å²) in [6, 6.07) is 14.3. The second kappa shape index (κ2) is 17.8. The molecule has 8 heteroatoms. The van der Waals surface area contributed by atoms with Gasteiger partial charge in [-0.2, -0.15) is 0 Å². The minimum atomic E-state index is -0.0146. The minimum Gasteiger partial charge on any atom is -0.326 e. The molecule has 0 aliphatic rings. The molecule has 2 rings (SSSR count). The van der Waals surface area contributed by atoms with Crippen molar-refractivity contribution < 1.29 is 19.2 Å². The van der Waals surface area contributed by atoms with Crippen LogP contribution in [0.15, 0.2) is 48.5 Å². The molecule has 0 atom stereocenters. The molecule has 4 amide bonds. The van der Waals surface area contributed by atoms with Crippen LogP contribution in [0.3, 0.4) is 0 Å². The summed E-state index contributed by atoms with van der Waals surface area (Å²) in [7, 11) is 0. The van der Waals surface area contributed by atoms with Gasteiger partial charge in [0.2, 0.25) is 23.6 Å². The largest absolute Gasteiger partial charge is 0.326 e. The van der Waals surface area contributed by atoms with Gasteiger partial charge in [-0.1, -0.05) is 53.4 Å². The number of carbonyl (C=O) groups excluding carboxylic acids is 4. The molecule has 0 saturated heterocycles. The van der Waals surface area contributed by atoms with E-state index in [1.165, 1.54) is 0 Å². The molecule has 0 unspecified atom stereocenters. The monoisotopic (exact) mass is 550 g/mol. The summed E-state index contributed by atoms with van der Waals surface area (Å²) in [5, 5.41) is 11.5. The van der Waals surface area contributed by atoms with Crippen LogP contribution < -0.4 is 21.3 Å². The van der Waals surface area contributed by atoms with Crippen molar-refractivity contribution in [1.29, 1.82) is 0 Å². The van der Waals surface area contributed by atoms with Gasteiger partial charge >= 0.3 is 0 Å². The predicted octanol–water partition coefficient (Wildman–Crippen LogP) is 7.35. The van der Waals surface area contributed by atoms with Crippen molar-refractivity contribution in [3.63, 3.8) is 0 Å². The van der Waals surface area contributed by atoms with Crippen molar-refractivity contribution in [2.75, 3.05) is 21.3 Å². The number of amides is 4. The van der Waals surface area contributed by atoms with E-state index in [9.17, 15) is 19.2 Å². The molecule has 0 bridgehead atoms. The Bertz CT molecular complexity index is 992. The van der Waals surface area contributed by atoms with E-state index in [0.29, 0.717) is 37.5 Å². The smallest absolute Gasteiger partial charge is 0.224 e. The Morgan fingerprint density at radius 1 is 0.450 bits per heavy atom. The summed E-state index contributed by atoms with van der Waals surface area (Å²) in [6.07, 6.45) is 7.54. The van der Waals surface area contributed by atoms with Crippen molar-refractivity contribution in [2.45, 2.75) is 91.9 Å². The molecule has 0 fully saturated rings. The quantitative estimate of drug-likeness (QED) is 0.154. The van der Waals surface area contributed by atoms with Crippen LogP contribution in [0.5, 0.6) is 0 Å². The molecule has 0 heterocycles. The Balaban J connectivity index is 1.51. The zero-order valence-electron chi connectivity index (χ0n) is 24.5. The molecule has 8 nitrogen and oxygen atoms in total. The summed E-state index contributed by atoms with van der Waals surface area (Å²) in [5.74, 6) is 0.553. The second-order valence-corrected chi connectivity index (χ2v) is 11.2. The molecule has 40 heavy (non-hydrogen) atoms. The Kier molecular flexibility index (Phi) is 14.5. The van der Waals surface area contributed by atoms with Gasteiger partial charge in [-0.25, -0.2) is 0 Å². The van der Waals surface area contributed by atoms with Crippen LogP contribution in [0.2, 0.25) is 0 Å². The summed E-state index contributed by atoms with van der Waals surface area (Å²) >= 11 is 0. The van der Waals surface area contributed by atoms with Gasteiger partial charge in [-0.3, -0.25) is 19.2 Å². The van der Waals surface area contributed by atoms with Gasteiger partial charge in [0.1, 0.15) is 0 Å². The number of anilines is 4. The Morgan fingerprint density at radius 2 is 0.700 bits per heavy atom. The van der Waals surface area contributed by atoms with Crippen molar-refractivity contribution >= 4 is 46.4 Å². The topological polar surface area (TPSA) is 116 Å². The van der Waals surface area contributed by atoms with Gasteiger partial charge < -0.3 is 21.3 Å². The van der Waals surface area contributed by atoms with Crippen molar-refractivity contribution in [3.05, 3.63) is 48.5 Å². The van der Waals surface area contributed by atoms with Crippen LogP contribution >= 0.6 is 0 Å². The molecule has 0 aliphatic carbocycles. The molecule has 4 N–H and O–H groups in total. The van der Waals surface area contributed by atoms with Crippen LogP contribution in [0.25, 0.3) is 0 Å². The first-order valence-electron chi connectivity index (χ1n) is 14.5. The Labute approximate surface area is 239 Å². The summed E-state index contributed by atoms with van der Waals surface area (Å²) < 4.78 is 0. The number of benzene rings is 2. The number of hydrogen-bond acceptors (Lipinski definition) is 4. The van der Waals surface area contributed by atoms with Crippen molar-refractivity contribution in [3.8, 4) is 0 Å². The van der Waals surface area contributed by atoms with Crippen LogP contribution in [-0.2, 0) is 19.2 Å². The molecule has 218 valence electrons.